The van der Waals surface area contributed by atoms with Crippen LogP contribution in [-0.4, -0.2) is 27.7 Å². The standard InChI is InChI=1S/C25H17N3O4/c26-13-17(24-27-18-9-3-4-10-19(18)28-24)20(29)14-31-25(30)23-15-7-1-5-11-21(15)32-22-12-6-2-8-16(22)23/h1-12,23,29H,14H2,(H,27,28)/b20-17-. The molecule has 32 heavy (non-hydrogen) atoms. The van der Waals surface area contributed by atoms with Crippen molar-refractivity contribution in [3.8, 4) is 17.6 Å². The maximum atomic E-state index is 13.1. The molecule has 5 rings (SSSR count). The molecular weight excluding hydrogens is 406 g/mol. The van der Waals surface area contributed by atoms with Crippen molar-refractivity contribution in [2.45, 2.75) is 5.92 Å². The fourth-order valence-corrected chi connectivity index (χ4v) is 3.78. The van der Waals surface area contributed by atoms with Gasteiger partial charge in [0.15, 0.2) is 11.6 Å². The number of H-pyrrole nitrogens is 1. The minimum Gasteiger partial charge on any atom is -0.507 e. The zero-order valence-corrected chi connectivity index (χ0v) is 16.8. The van der Waals surface area contributed by atoms with Gasteiger partial charge in [-0.1, -0.05) is 48.5 Å². The minimum atomic E-state index is -0.708. The molecular formula is C25H17N3O4. The number of benzene rings is 3. The normalized spacial score (nSPS) is 13.3. The molecule has 1 aromatic heterocycles. The molecule has 0 saturated carbocycles. The predicted molar refractivity (Wildman–Crippen MR) is 117 cm³/mol. The molecule has 0 radical (unpaired) electrons. The van der Waals surface area contributed by atoms with Gasteiger partial charge in [0.1, 0.15) is 35.7 Å². The smallest absolute Gasteiger partial charge is 0.318 e. The Morgan fingerprint density at radius 2 is 1.66 bits per heavy atom. The van der Waals surface area contributed by atoms with Gasteiger partial charge in [0, 0.05) is 11.1 Å². The van der Waals surface area contributed by atoms with Crippen LogP contribution in [-0.2, 0) is 9.53 Å². The van der Waals surface area contributed by atoms with Crippen molar-refractivity contribution >= 4 is 22.6 Å². The van der Waals surface area contributed by atoms with E-state index in [4.69, 9.17) is 9.47 Å². The van der Waals surface area contributed by atoms with Crippen molar-refractivity contribution in [2.75, 3.05) is 6.61 Å². The highest BCUT2D eigenvalue weighted by molar-refractivity contribution is 5.86. The molecule has 1 aliphatic heterocycles. The lowest BCUT2D eigenvalue weighted by Gasteiger charge is -2.26. The number of hydrogen-bond acceptors (Lipinski definition) is 6. The largest absolute Gasteiger partial charge is 0.507 e. The first kappa shape index (κ1) is 19.4. The maximum absolute atomic E-state index is 13.1. The van der Waals surface area contributed by atoms with Crippen LogP contribution in [0.1, 0.15) is 22.9 Å². The molecule has 1 aliphatic rings. The SMILES string of the molecule is N#C/C(=C(/O)COC(=O)C1c2ccccc2Oc2ccccc21)c1nc2ccccc2[nH]1. The van der Waals surface area contributed by atoms with Crippen molar-refractivity contribution in [1.29, 1.82) is 5.26 Å². The number of carbonyl (C=O) groups is 1. The maximum Gasteiger partial charge on any atom is 0.318 e. The number of aromatic amines is 1. The van der Waals surface area contributed by atoms with Crippen molar-refractivity contribution in [2.24, 2.45) is 0 Å². The molecule has 0 fully saturated rings. The minimum absolute atomic E-state index is 0.0817. The Balaban J connectivity index is 1.43. The highest BCUT2D eigenvalue weighted by atomic mass is 16.5. The third-order valence-electron chi connectivity index (χ3n) is 5.29. The summed E-state index contributed by atoms with van der Waals surface area (Å²) < 4.78 is 11.3. The second-order valence-electron chi connectivity index (χ2n) is 7.25. The number of aliphatic hydroxyl groups is 1. The molecule has 0 amide bonds. The van der Waals surface area contributed by atoms with Gasteiger partial charge in [-0.05, 0) is 24.3 Å². The number of allylic oxidation sites excluding steroid dienone is 1. The van der Waals surface area contributed by atoms with Crippen LogP contribution in [0.3, 0.4) is 0 Å². The number of aromatic nitrogens is 2. The summed E-state index contributed by atoms with van der Waals surface area (Å²) in [5.41, 5.74) is 2.67. The highest BCUT2D eigenvalue weighted by Gasteiger charge is 2.33. The quantitative estimate of drug-likeness (QED) is 0.276. The van der Waals surface area contributed by atoms with Crippen LogP contribution in [0.25, 0.3) is 16.6 Å². The number of hydrogen-bond donors (Lipinski definition) is 2. The van der Waals surface area contributed by atoms with Crippen LogP contribution in [0.15, 0.2) is 78.6 Å². The van der Waals surface area contributed by atoms with Crippen LogP contribution in [0.5, 0.6) is 11.5 Å². The van der Waals surface area contributed by atoms with Gasteiger partial charge in [-0.15, -0.1) is 0 Å². The molecule has 156 valence electrons. The van der Waals surface area contributed by atoms with Crippen LogP contribution in [0.2, 0.25) is 0 Å². The summed E-state index contributed by atoms with van der Waals surface area (Å²) in [6.45, 7) is -0.458. The van der Waals surface area contributed by atoms with E-state index in [1.165, 1.54) is 0 Å². The molecule has 0 aliphatic carbocycles. The first-order chi connectivity index (χ1) is 15.7. The van der Waals surface area contributed by atoms with Gasteiger partial charge < -0.3 is 19.6 Å². The van der Waals surface area contributed by atoms with Crippen LogP contribution < -0.4 is 4.74 Å². The summed E-state index contributed by atoms with van der Waals surface area (Å²) in [5.74, 6) is -0.277. The average molecular weight is 423 g/mol. The number of ether oxygens (including phenoxy) is 2. The van der Waals surface area contributed by atoms with E-state index in [0.29, 0.717) is 28.1 Å². The average Bonchev–Trinajstić information content (AvgIpc) is 3.25. The Bertz CT molecular complexity index is 1340. The Kier molecular flexibility index (Phi) is 4.81. The lowest BCUT2D eigenvalue weighted by atomic mass is 9.88. The van der Waals surface area contributed by atoms with E-state index < -0.39 is 18.5 Å². The Labute approximate surface area is 183 Å². The molecule has 2 N–H and O–H groups in total. The van der Waals surface area contributed by atoms with E-state index in [2.05, 4.69) is 9.97 Å². The number of imidazole rings is 1. The summed E-state index contributed by atoms with van der Waals surface area (Å²) in [5, 5.41) is 20.1. The van der Waals surface area contributed by atoms with Gasteiger partial charge in [-0.2, -0.15) is 5.26 Å². The number of nitriles is 1. The number of esters is 1. The first-order valence-corrected chi connectivity index (χ1v) is 9.95. The molecule has 0 atom stereocenters. The molecule has 3 aromatic carbocycles. The Morgan fingerprint density at radius 3 is 2.31 bits per heavy atom. The highest BCUT2D eigenvalue weighted by Crippen LogP contribution is 2.44. The number of nitrogens with one attached hydrogen (secondary N) is 1. The fraction of sp³-hybridized carbons (Fsp3) is 0.0800. The van der Waals surface area contributed by atoms with Crippen molar-refractivity contribution in [3.05, 3.63) is 95.5 Å². The molecule has 0 saturated heterocycles. The van der Waals surface area contributed by atoms with Gasteiger partial charge >= 0.3 is 5.97 Å². The zero-order chi connectivity index (χ0) is 22.1. The fourth-order valence-electron chi connectivity index (χ4n) is 3.78. The van der Waals surface area contributed by atoms with E-state index in [1.807, 2.05) is 60.7 Å². The topological polar surface area (TPSA) is 108 Å². The number of rotatable bonds is 4. The Hall–Kier alpha value is -4.57. The molecule has 2 heterocycles. The number of nitrogens with zero attached hydrogens (tertiary/aromatic N) is 2. The molecule has 4 aromatic rings. The predicted octanol–water partition coefficient (Wildman–Crippen LogP) is 4.84. The monoisotopic (exact) mass is 423 g/mol. The number of aliphatic hydroxyl groups excluding tert-OH is 1. The molecule has 7 nitrogen and oxygen atoms in total. The zero-order valence-electron chi connectivity index (χ0n) is 16.8. The Morgan fingerprint density at radius 1 is 1.03 bits per heavy atom. The summed E-state index contributed by atoms with van der Waals surface area (Å²) in [7, 11) is 0. The van der Waals surface area contributed by atoms with E-state index in [0.717, 1.165) is 5.52 Å². The number of fused-ring (bicyclic) bond motifs is 3. The number of para-hydroxylation sites is 4. The van der Waals surface area contributed by atoms with Crippen molar-refractivity contribution < 1.29 is 19.4 Å². The number of carbonyl (C=O) groups excluding carboxylic acids is 1. The summed E-state index contributed by atoms with van der Waals surface area (Å²) in [6.07, 6.45) is 0. The van der Waals surface area contributed by atoms with E-state index in [1.54, 1.807) is 18.2 Å². The molecule has 0 bridgehead atoms. The van der Waals surface area contributed by atoms with E-state index >= 15 is 0 Å². The summed E-state index contributed by atoms with van der Waals surface area (Å²) in [6, 6.07) is 23.7. The second kappa shape index (κ2) is 7.93. The van der Waals surface area contributed by atoms with Gasteiger partial charge in [0.05, 0.1) is 11.0 Å². The molecule has 7 heteroatoms. The summed E-state index contributed by atoms with van der Waals surface area (Å²) >= 11 is 0. The van der Waals surface area contributed by atoms with Crippen LogP contribution in [0, 0.1) is 11.3 Å². The molecule has 0 unspecified atom stereocenters. The third kappa shape index (κ3) is 3.34. The lowest BCUT2D eigenvalue weighted by Crippen LogP contribution is -2.22. The van der Waals surface area contributed by atoms with Gasteiger partial charge in [-0.25, -0.2) is 4.98 Å². The lowest BCUT2D eigenvalue weighted by molar-refractivity contribution is -0.144. The van der Waals surface area contributed by atoms with Gasteiger partial charge in [0.25, 0.3) is 0 Å². The van der Waals surface area contributed by atoms with Gasteiger partial charge in [0.2, 0.25) is 0 Å². The summed E-state index contributed by atoms with van der Waals surface area (Å²) in [4.78, 5) is 20.4. The van der Waals surface area contributed by atoms with E-state index in [-0.39, 0.29) is 17.2 Å². The van der Waals surface area contributed by atoms with Crippen LogP contribution >= 0.6 is 0 Å². The van der Waals surface area contributed by atoms with Gasteiger partial charge in [-0.3, -0.25) is 4.79 Å². The molecule has 0 spiro atoms. The van der Waals surface area contributed by atoms with Crippen molar-refractivity contribution in [1.82, 2.24) is 9.97 Å². The van der Waals surface area contributed by atoms with Crippen LogP contribution in [0.4, 0.5) is 0 Å². The first-order valence-electron chi connectivity index (χ1n) is 9.95. The second-order valence-corrected chi connectivity index (χ2v) is 7.25. The van der Waals surface area contributed by atoms with E-state index in [9.17, 15) is 15.2 Å². The van der Waals surface area contributed by atoms with Crippen molar-refractivity contribution in [3.63, 3.8) is 0 Å². The third-order valence-corrected chi connectivity index (χ3v) is 5.29.